The summed E-state index contributed by atoms with van der Waals surface area (Å²) in [5.41, 5.74) is 0. The molecule has 1 aromatic rings. The summed E-state index contributed by atoms with van der Waals surface area (Å²) in [5, 5.41) is 2.00. The molecule has 2 saturated heterocycles. The largest absolute Gasteiger partial charge is 0.305 e. The van der Waals surface area contributed by atoms with Crippen molar-refractivity contribution in [1.29, 1.82) is 0 Å². The Hall–Kier alpha value is -1.20. The predicted molar refractivity (Wildman–Crippen MR) is 73.7 cm³/mol. The van der Waals surface area contributed by atoms with Gasteiger partial charge >= 0.3 is 0 Å². The zero-order valence-electron chi connectivity index (χ0n) is 11.2. The molecular formula is C14H18N2O2S. The van der Waals surface area contributed by atoms with Crippen molar-refractivity contribution in [2.75, 3.05) is 20.1 Å². The molecule has 2 aliphatic rings. The van der Waals surface area contributed by atoms with Crippen molar-refractivity contribution in [3.8, 4) is 0 Å². The van der Waals surface area contributed by atoms with Gasteiger partial charge in [-0.15, -0.1) is 11.3 Å². The lowest BCUT2D eigenvalue weighted by atomic mass is 10.00. The van der Waals surface area contributed by atoms with Crippen LogP contribution in [0.5, 0.6) is 0 Å². The van der Waals surface area contributed by atoms with Gasteiger partial charge in [-0.3, -0.25) is 14.5 Å². The van der Waals surface area contributed by atoms with E-state index in [0.717, 1.165) is 11.3 Å². The van der Waals surface area contributed by atoms with E-state index in [1.807, 2.05) is 31.5 Å². The van der Waals surface area contributed by atoms with E-state index in [-0.39, 0.29) is 29.7 Å². The SMILES string of the molecule is CCC(c1cccs1)N1C(=O)[C@H]2CN(C)C[C@H]2C1=O. The molecule has 1 aromatic heterocycles. The molecular weight excluding hydrogens is 260 g/mol. The van der Waals surface area contributed by atoms with Crippen molar-refractivity contribution in [2.24, 2.45) is 11.8 Å². The van der Waals surface area contributed by atoms with Gasteiger partial charge in [-0.2, -0.15) is 0 Å². The number of nitrogens with zero attached hydrogens (tertiary/aromatic N) is 2. The fraction of sp³-hybridized carbons (Fsp3) is 0.571. The molecule has 0 N–H and O–H groups in total. The fourth-order valence-corrected chi connectivity index (χ4v) is 4.17. The van der Waals surface area contributed by atoms with Gasteiger partial charge < -0.3 is 4.90 Å². The minimum Gasteiger partial charge on any atom is -0.305 e. The Morgan fingerprint density at radius 3 is 2.42 bits per heavy atom. The number of imide groups is 1. The van der Waals surface area contributed by atoms with Crippen LogP contribution in [0.1, 0.15) is 24.3 Å². The van der Waals surface area contributed by atoms with Gasteiger partial charge in [0.05, 0.1) is 17.9 Å². The van der Waals surface area contributed by atoms with Crippen LogP contribution in [0.3, 0.4) is 0 Å². The normalized spacial score (nSPS) is 29.1. The van der Waals surface area contributed by atoms with Crippen LogP contribution in [0.4, 0.5) is 0 Å². The van der Waals surface area contributed by atoms with Gasteiger partial charge in [-0.05, 0) is 24.9 Å². The Bertz CT molecular complexity index is 476. The number of rotatable bonds is 3. The molecule has 3 rings (SSSR count). The van der Waals surface area contributed by atoms with Crippen LogP contribution >= 0.6 is 11.3 Å². The van der Waals surface area contributed by atoms with E-state index in [1.165, 1.54) is 4.90 Å². The average molecular weight is 278 g/mol. The van der Waals surface area contributed by atoms with Gasteiger partial charge in [0.15, 0.2) is 0 Å². The van der Waals surface area contributed by atoms with Gasteiger partial charge in [0, 0.05) is 18.0 Å². The van der Waals surface area contributed by atoms with Gasteiger partial charge in [0.25, 0.3) is 0 Å². The van der Waals surface area contributed by atoms with Gasteiger partial charge in [-0.1, -0.05) is 13.0 Å². The molecule has 3 heterocycles. The standard InChI is InChI=1S/C14H18N2O2S/c1-3-11(12-5-4-6-19-12)16-13(17)9-7-15(2)8-10(9)14(16)18/h4-6,9-11H,3,7-8H2,1-2H3/t9-,10+,11?. The summed E-state index contributed by atoms with van der Waals surface area (Å²) < 4.78 is 0. The second-order valence-electron chi connectivity index (χ2n) is 5.42. The third-order valence-electron chi connectivity index (χ3n) is 4.18. The van der Waals surface area contributed by atoms with Crippen molar-refractivity contribution in [1.82, 2.24) is 9.80 Å². The van der Waals surface area contributed by atoms with Crippen molar-refractivity contribution < 1.29 is 9.59 Å². The molecule has 2 fully saturated rings. The minimum atomic E-state index is -0.119. The number of hydrogen-bond donors (Lipinski definition) is 0. The Balaban J connectivity index is 1.90. The molecule has 0 aliphatic carbocycles. The average Bonchev–Trinajstić information content (AvgIpc) is 3.06. The molecule has 0 saturated carbocycles. The second kappa shape index (κ2) is 4.72. The molecule has 3 atom stereocenters. The highest BCUT2D eigenvalue weighted by molar-refractivity contribution is 7.10. The Kier molecular flexibility index (Phi) is 3.19. The van der Waals surface area contributed by atoms with Crippen molar-refractivity contribution in [3.63, 3.8) is 0 Å². The first-order valence-electron chi connectivity index (χ1n) is 6.72. The van der Waals surface area contributed by atoms with E-state index in [9.17, 15) is 9.59 Å². The quantitative estimate of drug-likeness (QED) is 0.791. The monoisotopic (exact) mass is 278 g/mol. The molecule has 0 radical (unpaired) electrons. The zero-order chi connectivity index (χ0) is 13.6. The maximum absolute atomic E-state index is 12.5. The van der Waals surface area contributed by atoms with E-state index >= 15 is 0 Å². The second-order valence-corrected chi connectivity index (χ2v) is 6.40. The molecule has 0 aromatic carbocycles. The highest BCUT2D eigenvalue weighted by Gasteiger charge is 2.53. The molecule has 4 nitrogen and oxygen atoms in total. The Morgan fingerprint density at radius 2 is 1.95 bits per heavy atom. The molecule has 5 heteroatoms. The Labute approximate surface area is 117 Å². The van der Waals surface area contributed by atoms with E-state index in [4.69, 9.17) is 0 Å². The van der Waals surface area contributed by atoms with Gasteiger partial charge in [0.1, 0.15) is 0 Å². The molecule has 1 unspecified atom stereocenters. The van der Waals surface area contributed by atoms with Crippen molar-refractivity contribution in [3.05, 3.63) is 22.4 Å². The highest BCUT2D eigenvalue weighted by Crippen LogP contribution is 2.39. The first-order valence-corrected chi connectivity index (χ1v) is 7.60. The number of likely N-dealkylation sites (tertiary alicyclic amines) is 2. The number of amides is 2. The fourth-order valence-electron chi connectivity index (χ4n) is 3.27. The van der Waals surface area contributed by atoms with Crippen LogP contribution in [0, 0.1) is 11.8 Å². The third kappa shape index (κ3) is 1.92. The van der Waals surface area contributed by atoms with Crippen molar-refractivity contribution in [2.45, 2.75) is 19.4 Å². The van der Waals surface area contributed by atoms with Crippen molar-refractivity contribution >= 4 is 23.2 Å². The number of carbonyl (C=O) groups excluding carboxylic acids is 2. The summed E-state index contributed by atoms with van der Waals surface area (Å²) in [5.74, 6) is -0.183. The lowest BCUT2D eigenvalue weighted by Crippen LogP contribution is -2.37. The summed E-state index contributed by atoms with van der Waals surface area (Å²) in [7, 11) is 1.97. The molecule has 2 aliphatic heterocycles. The molecule has 0 bridgehead atoms. The van der Waals surface area contributed by atoms with E-state index in [1.54, 1.807) is 11.3 Å². The first-order chi connectivity index (χ1) is 9.13. The van der Waals surface area contributed by atoms with Crippen LogP contribution in [0.25, 0.3) is 0 Å². The number of thiophene rings is 1. The van der Waals surface area contributed by atoms with E-state index < -0.39 is 0 Å². The lowest BCUT2D eigenvalue weighted by molar-refractivity contribution is -0.143. The van der Waals surface area contributed by atoms with Gasteiger partial charge in [0.2, 0.25) is 11.8 Å². The molecule has 19 heavy (non-hydrogen) atoms. The smallest absolute Gasteiger partial charge is 0.235 e. The topological polar surface area (TPSA) is 40.6 Å². The van der Waals surface area contributed by atoms with E-state index in [2.05, 4.69) is 4.90 Å². The summed E-state index contributed by atoms with van der Waals surface area (Å²) in [6, 6.07) is 3.91. The van der Waals surface area contributed by atoms with Crippen LogP contribution in [0.15, 0.2) is 17.5 Å². The molecule has 2 amide bonds. The van der Waals surface area contributed by atoms with Crippen LogP contribution in [-0.4, -0.2) is 41.8 Å². The minimum absolute atomic E-state index is 0.0274. The summed E-state index contributed by atoms with van der Waals surface area (Å²) in [4.78, 5) is 29.8. The maximum atomic E-state index is 12.5. The van der Waals surface area contributed by atoms with Gasteiger partial charge in [-0.25, -0.2) is 0 Å². The Morgan fingerprint density at radius 1 is 1.32 bits per heavy atom. The number of hydrogen-bond acceptors (Lipinski definition) is 4. The number of carbonyl (C=O) groups is 2. The van der Waals surface area contributed by atoms with Crippen LogP contribution in [0.2, 0.25) is 0 Å². The predicted octanol–water partition coefficient (Wildman–Crippen LogP) is 1.75. The summed E-state index contributed by atoms with van der Waals surface area (Å²) in [6.07, 6.45) is 0.785. The third-order valence-corrected chi connectivity index (χ3v) is 5.16. The summed E-state index contributed by atoms with van der Waals surface area (Å²) >= 11 is 1.62. The van der Waals surface area contributed by atoms with Crippen LogP contribution in [-0.2, 0) is 9.59 Å². The van der Waals surface area contributed by atoms with E-state index in [0.29, 0.717) is 13.1 Å². The van der Waals surface area contributed by atoms with Crippen LogP contribution < -0.4 is 0 Å². The molecule has 0 spiro atoms. The first kappa shape index (κ1) is 12.8. The number of fused-ring (bicyclic) bond motifs is 1. The summed E-state index contributed by atoms with van der Waals surface area (Å²) in [6.45, 7) is 3.46. The molecule has 102 valence electrons. The zero-order valence-corrected chi connectivity index (χ0v) is 12.0. The highest BCUT2D eigenvalue weighted by atomic mass is 32.1. The lowest BCUT2D eigenvalue weighted by Gasteiger charge is -2.26. The maximum Gasteiger partial charge on any atom is 0.235 e.